The summed E-state index contributed by atoms with van der Waals surface area (Å²) in [5.74, 6) is -2.25. The molecular formula is C14H8F3NO. The molecule has 2 aromatic rings. The van der Waals surface area contributed by atoms with Gasteiger partial charge in [-0.25, -0.2) is 13.2 Å². The molecule has 0 aliphatic rings. The Morgan fingerprint density at radius 3 is 2.47 bits per heavy atom. The molecule has 96 valence electrons. The smallest absolute Gasteiger partial charge is 0.167 e. The first-order valence-electron chi connectivity index (χ1n) is 5.36. The molecule has 0 N–H and O–H groups in total. The zero-order chi connectivity index (χ0) is 13.8. The lowest BCUT2D eigenvalue weighted by atomic mass is 10.1. The summed E-state index contributed by atoms with van der Waals surface area (Å²) in [5, 5.41) is 8.67. The van der Waals surface area contributed by atoms with Gasteiger partial charge in [-0.3, -0.25) is 0 Å². The van der Waals surface area contributed by atoms with Gasteiger partial charge in [-0.1, -0.05) is 6.07 Å². The molecule has 0 radical (unpaired) electrons. The molecule has 2 aromatic carbocycles. The van der Waals surface area contributed by atoms with Gasteiger partial charge >= 0.3 is 0 Å². The van der Waals surface area contributed by atoms with Crippen LogP contribution in [0.5, 0.6) is 5.75 Å². The summed E-state index contributed by atoms with van der Waals surface area (Å²) in [4.78, 5) is 0. The van der Waals surface area contributed by atoms with E-state index in [2.05, 4.69) is 0 Å². The van der Waals surface area contributed by atoms with Crippen LogP contribution in [0.2, 0.25) is 0 Å². The highest BCUT2D eigenvalue weighted by Gasteiger charge is 2.07. The second-order valence-electron chi connectivity index (χ2n) is 3.79. The highest BCUT2D eigenvalue weighted by Crippen LogP contribution is 2.19. The Bertz CT molecular complexity index is 650. The molecule has 0 spiro atoms. The van der Waals surface area contributed by atoms with Crippen molar-refractivity contribution in [2.24, 2.45) is 0 Å². The van der Waals surface area contributed by atoms with Crippen molar-refractivity contribution >= 4 is 0 Å². The molecule has 0 aromatic heterocycles. The minimum atomic E-state index is -0.817. The average molecular weight is 263 g/mol. The lowest BCUT2D eigenvalue weighted by molar-refractivity contribution is 0.289. The first kappa shape index (κ1) is 13.0. The normalized spacial score (nSPS) is 10.0. The van der Waals surface area contributed by atoms with Crippen molar-refractivity contribution in [2.45, 2.75) is 6.61 Å². The number of halogens is 3. The van der Waals surface area contributed by atoms with Crippen LogP contribution < -0.4 is 4.74 Å². The molecular weight excluding hydrogens is 255 g/mol. The average Bonchev–Trinajstić information content (AvgIpc) is 2.39. The molecule has 2 rings (SSSR count). The maximum atomic E-state index is 13.3. The maximum Gasteiger partial charge on any atom is 0.167 e. The quantitative estimate of drug-likeness (QED) is 0.848. The summed E-state index contributed by atoms with van der Waals surface area (Å²) in [5.41, 5.74) is 0.405. The maximum absolute atomic E-state index is 13.3. The first-order valence-corrected chi connectivity index (χ1v) is 5.36. The van der Waals surface area contributed by atoms with Crippen LogP contribution >= 0.6 is 0 Å². The highest BCUT2D eigenvalue weighted by atomic mass is 19.1. The van der Waals surface area contributed by atoms with Crippen LogP contribution in [0.4, 0.5) is 13.2 Å². The summed E-state index contributed by atoms with van der Waals surface area (Å²) < 4.78 is 44.2. The van der Waals surface area contributed by atoms with E-state index < -0.39 is 17.5 Å². The van der Waals surface area contributed by atoms with Crippen LogP contribution in [0, 0.1) is 28.8 Å². The number of nitriles is 1. The van der Waals surface area contributed by atoms with E-state index in [0.717, 1.165) is 12.1 Å². The number of nitrogens with zero attached hydrogens (tertiary/aromatic N) is 1. The van der Waals surface area contributed by atoms with E-state index in [1.165, 1.54) is 18.2 Å². The summed E-state index contributed by atoms with van der Waals surface area (Å²) in [6.07, 6.45) is 0. The zero-order valence-electron chi connectivity index (χ0n) is 9.66. The van der Waals surface area contributed by atoms with Crippen molar-refractivity contribution in [3.05, 3.63) is 65.0 Å². The Balaban J connectivity index is 2.13. The van der Waals surface area contributed by atoms with E-state index in [1.54, 1.807) is 6.07 Å². The molecule has 0 aliphatic heterocycles. The molecule has 5 heteroatoms. The predicted molar refractivity (Wildman–Crippen MR) is 61.8 cm³/mol. The van der Waals surface area contributed by atoms with E-state index in [4.69, 9.17) is 10.00 Å². The van der Waals surface area contributed by atoms with Gasteiger partial charge < -0.3 is 4.74 Å². The van der Waals surface area contributed by atoms with E-state index in [-0.39, 0.29) is 17.9 Å². The van der Waals surface area contributed by atoms with Crippen molar-refractivity contribution in [3.8, 4) is 11.8 Å². The summed E-state index contributed by atoms with van der Waals surface area (Å²) in [7, 11) is 0. The molecule has 19 heavy (non-hydrogen) atoms. The third-order valence-corrected chi connectivity index (χ3v) is 2.44. The molecule has 0 saturated heterocycles. The fourth-order valence-electron chi connectivity index (χ4n) is 1.50. The van der Waals surface area contributed by atoms with Crippen LogP contribution in [0.1, 0.15) is 11.1 Å². The van der Waals surface area contributed by atoms with Gasteiger partial charge in [0.2, 0.25) is 0 Å². The minimum absolute atomic E-state index is 0.0441. The molecule has 0 amide bonds. The van der Waals surface area contributed by atoms with E-state index in [0.29, 0.717) is 11.6 Å². The minimum Gasteiger partial charge on any atom is -0.486 e. The fourth-order valence-corrected chi connectivity index (χ4v) is 1.50. The van der Waals surface area contributed by atoms with E-state index >= 15 is 0 Å². The second-order valence-corrected chi connectivity index (χ2v) is 3.79. The first-order chi connectivity index (χ1) is 9.10. The van der Waals surface area contributed by atoms with Gasteiger partial charge in [0.15, 0.2) is 11.6 Å². The van der Waals surface area contributed by atoms with Crippen LogP contribution in [-0.4, -0.2) is 0 Å². The standard InChI is InChI=1S/C14H8F3NO/c15-11-2-4-14(13(17)6-11)19-8-9-1-3-12(16)10(5-9)7-18/h1-6H,8H2. The summed E-state index contributed by atoms with van der Waals surface area (Å²) in [6, 6.07) is 8.53. The molecule has 0 heterocycles. The van der Waals surface area contributed by atoms with Gasteiger partial charge in [-0.05, 0) is 29.8 Å². The van der Waals surface area contributed by atoms with Crippen LogP contribution in [0.3, 0.4) is 0 Å². The third-order valence-electron chi connectivity index (χ3n) is 2.44. The molecule has 0 bridgehead atoms. The van der Waals surface area contributed by atoms with Gasteiger partial charge in [0.05, 0.1) is 5.56 Å². The number of rotatable bonds is 3. The Labute approximate surface area is 107 Å². The molecule has 0 unspecified atom stereocenters. The van der Waals surface area contributed by atoms with Crippen LogP contribution in [0.15, 0.2) is 36.4 Å². The zero-order valence-corrected chi connectivity index (χ0v) is 9.66. The van der Waals surface area contributed by atoms with Crippen LogP contribution in [0.25, 0.3) is 0 Å². The van der Waals surface area contributed by atoms with Gasteiger partial charge in [0.1, 0.15) is 24.3 Å². The number of ether oxygens (including phenoxy) is 1. The Hall–Kier alpha value is -2.48. The molecule has 0 aliphatic carbocycles. The van der Waals surface area contributed by atoms with E-state index in [9.17, 15) is 13.2 Å². The molecule has 0 saturated carbocycles. The fraction of sp³-hybridized carbons (Fsp3) is 0.0714. The van der Waals surface area contributed by atoms with Crippen molar-refractivity contribution in [3.63, 3.8) is 0 Å². The second kappa shape index (κ2) is 5.44. The van der Waals surface area contributed by atoms with Crippen LogP contribution in [-0.2, 0) is 6.61 Å². The van der Waals surface area contributed by atoms with E-state index in [1.807, 2.05) is 0 Å². The predicted octanol–water partition coefficient (Wildman–Crippen LogP) is 3.55. The number of benzene rings is 2. The number of hydrogen-bond acceptors (Lipinski definition) is 2. The van der Waals surface area contributed by atoms with Crippen molar-refractivity contribution in [2.75, 3.05) is 0 Å². The summed E-state index contributed by atoms with van der Waals surface area (Å²) in [6.45, 7) is -0.0441. The topological polar surface area (TPSA) is 33.0 Å². The Morgan fingerprint density at radius 1 is 1.00 bits per heavy atom. The third kappa shape index (κ3) is 3.05. The van der Waals surface area contributed by atoms with Gasteiger partial charge in [0.25, 0.3) is 0 Å². The SMILES string of the molecule is N#Cc1cc(COc2ccc(F)cc2F)ccc1F. The van der Waals surface area contributed by atoms with Gasteiger partial charge in [-0.2, -0.15) is 5.26 Å². The monoisotopic (exact) mass is 263 g/mol. The van der Waals surface area contributed by atoms with Gasteiger partial charge in [0, 0.05) is 6.07 Å². The Morgan fingerprint density at radius 2 is 1.79 bits per heavy atom. The molecule has 0 atom stereocenters. The van der Waals surface area contributed by atoms with Gasteiger partial charge in [-0.15, -0.1) is 0 Å². The summed E-state index contributed by atoms with van der Waals surface area (Å²) >= 11 is 0. The Kier molecular flexibility index (Phi) is 3.71. The lowest BCUT2D eigenvalue weighted by Gasteiger charge is -2.07. The molecule has 0 fully saturated rings. The largest absolute Gasteiger partial charge is 0.486 e. The van der Waals surface area contributed by atoms with Crippen molar-refractivity contribution in [1.29, 1.82) is 5.26 Å². The molecule has 2 nitrogen and oxygen atoms in total. The lowest BCUT2D eigenvalue weighted by Crippen LogP contribution is -1.99. The van der Waals surface area contributed by atoms with Crippen molar-refractivity contribution in [1.82, 2.24) is 0 Å². The number of hydrogen-bond donors (Lipinski definition) is 0. The van der Waals surface area contributed by atoms with Crippen molar-refractivity contribution < 1.29 is 17.9 Å². The highest BCUT2D eigenvalue weighted by molar-refractivity contribution is 5.34.